The molecule has 154 valence electrons. The van der Waals surface area contributed by atoms with Crippen LogP contribution < -0.4 is 9.47 Å². The maximum Gasteiger partial charge on any atom is 0.314 e. The lowest BCUT2D eigenvalue weighted by Gasteiger charge is -2.07. The maximum absolute atomic E-state index is 12.6. The molecule has 0 bridgehead atoms. The molecule has 0 saturated carbocycles. The number of hydrogen-bond acceptors (Lipinski definition) is 8. The number of rotatable bonds is 7. The molecule has 0 aliphatic heterocycles. The van der Waals surface area contributed by atoms with Crippen LogP contribution in [0.2, 0.25) is 0 Å². The quantitative estimate of drug-likeness (QED) is 0.454. The first-order chi connectivity index (χ1) is 14.6. The molecule has 2 heterocycles. The molecule has 30 heavy (non-hydrogen) atoms. The minimum absolute atomic E-state index is 0.0338. The number of nitrogens with zero attached hydrogens (tertiary/aromatic N) is 6. The smallest absolute Gasteiger partial charge is 0.314 e. The minimum Gasteiger partial charge on any atom is -0.493 e. The van der Waals surface area contributed by atoms with E-state index in [9.17, 15) is 8.78 Å². The largest absolute Gasteiger partial charge is 0.493 e. The summed E-state index contributed by atoms with van der Waals surface area (Å²) in [6.07, 6.45) is -2.80. The van der Waals surface area contributed by atoms with Crippen molar-refractivity contribution >= 4 is 0 Å². The van der Waals surface area contributed by atoms with E-state index in [-0.39, 0.29) is 5.89 Å². The number of methoxy groups -OCH3 is 2. The summed E-state index contributed by atoms with van der Waals surface area (Å²) in [7, 11) is 3.12. The Labute approximate surface area is 169 Å². The highest BCUT2D eigenvalue weighted by atomic mass is 19.3. The molecule has 0 radical (unpaired) electrons. The molecule has 11 heteroatoms. The molecule has 0 aliphatic carbocycles. The molecular weight excluding hydrogens is 398 g/mol. The summed E-state index contributed by atoms with van der Waals surface area (Å²) in [5.41, 5.74) is 2.15. The van der Waals surface area contributed by atoms with Crippen LogP contribution in [0.25, 0.3) is 22.8 Å². The standard InChI is InChI=1S/C19H16F2N6O3/c1-28-14-8-7-13(9-15(14)29-2)17-22-26-27(25-17)10-11-3-5-12(6-4-11)18-23-24-19(30-18)16(20)21/h3-9,16H,10H2,1-2H3. The van der Waals surface area contributed by atoms with Crippen molar-refractivity contribution in [2.75, 3.05) is 14.2 Å². The first-order valence-corrected chi connectivity index (χ1v) is 8.78. The van der Waals surface area contributed by atoms with Crippen molar-refractivity contribution in [2.24, 2.45) is 0 Å². The average molecular weight is 414 g/mol. The summed E-state index contributed by atoms with van der Waals surface area (Å²) < 4.78 is 40.6. The van der Waals surface area contributed by atoms with Crippen LogP contribution in [0, 0.1) is 0 Å². The third kappa shape index (κ3) is 3.95. The van der Waals surface area contributed by atoms with Gasteiger partial charge >= 0.3 is 6.43 Å². The van der Waals surface area contributed by atoms with E-state index in [2.05, 4.69) is 25.6 Å². The van der Waals surface area contributed by atoms with Gasteiger partial charge in [-0.05, 0) is 41.1 Å². The highest BCUT2D eigenvalue weighted by Gasteiger charge is 2.17. The summed E-state index contributed by atoms with van der Waals surface area (Å²) in [4.78, 5) is 1.45. The third-order valence-corrected chi connectivity index (χ3v) is 4.25. The summed E-state index contributed by atoms with van der Waals surface area (Å²) in [5.74, 6) is 0.946. The van der Waals surface area contributed by atoms with Gasteiger partial charge in [0.25, 0.3) is 5.89 Å². The molecule has 2 aromatic heterocycles. The fourth-order valence-electron chi connectivity index (χ4n) is 2.76. The lowest BCUT2D eigenvalue weighted by atomic mass is 10.1. The Morgan fingerprint density at radius 1 is 0.933 bits per heavy atom. The van der Waals surface area contributed by atoms with Gasteiger partial charge in [0.15, 0.2) is 11.5 Å². The highest BCUT2D eigenvalue weighted by Crippen LogP contribution is 2.30. The summed E-state index contributed by atoms with van der Waals surface area (Å²) in [5, 5.41) is 19.5. The molecule has 9 nitrogen and oxygen atoms in total. The average Bonchev–Trinajstić information content (AvgIpc) is 3.44. The first kappa shape index (κ1) is 19.4. The predicted octanol–water partition coefficient (Wildman–Crippen LogP) is 3.39. The Hall–Kier alpha value is -3.89. The highest BCUT2D eigenvalue weighted by molar-refractivity contribution is 5.60. The molecule has 4 aromatic rings. The Morgan fingerprint density at radius 2 is 1.67 bits per heavy atom. The zero-order valence-electron chi connectivity index (χ0n) is 16.0. The zero-order chi connectivity index (χ0) is 21.1. The van der Waals surface area contributed by atoms with Crippen molar-refractivity contribution in [3.8, 4) is 34.3 Å². The van der Waals surface area contributed by atoms with Crippen LogP contribution in [-0.4, -0.2) is 44.6 Å². The van der Waals surface area contributed by atoms with Gasteiger partial charge in [-0.2, -0.15) is 13.6 Å². The molecule has 0 N–H and O–H groups in total. The van der Waals surface area contributed by atoms with Crippen LogP contribution in [0.3, 0.4) is 0 Å². The number of benzene rings is 2. The third-order valence-electron chi connectivity index (χ3n) is 4.25. The number of aromatic nitrogens is 6. The number of ether oxygens (including phenoxy) is 2. The molecule has 0 saturated heterocycles. The van der Waals surface area contributed by atoms with Gasteiger partial charge in [-0.1, -0.05) is 12.1 Å². The minimum atomic E-state index is -2.80. The predicted molar refractivity (Wildman–Crippen MR) is 100 cm³/mol. The van der Waals surface area contributed by atoms with E-state index in [1.807, 2.05) is 6.07 Å². The van der Waals surface area contributed by atoms with E-state index in [0.717, 1.165) is 11.1 Å². The van der Waals surface area contributed by atoms with E-state index in [1.54, 1.807) is 50.6 Å². The van der Waals surface area contributed by atoms with Gasteiger partial charge in [0, 0.05) is 11.1 Å². The first-order valence-electron chi connectivity index (χ1n) is 8.78. The van der Waals surface area contributed by atoms with E-state index in [1.165, 1.54) is 4.80 Å². The van der Waals surface area contributed by atoms with E-state index in [4.69, 9.17) is 13.9 Å². The Balaban J connectivity index is 1.48. The summed E-state index contributed by atoms with van der Waals surface area (Å²) in [6, 6.07) is 12.3. The topological polar surface area (TPSA) is 101 Å². The van der Waals surface area contributed by atoms with Gasteiger partial charge in [-0.3, -0.25) is 0 Å². The van der Waals surface area contributed by atoms with Crippen molar-refractivity contribution in [3.63, 3.8) is 0 Å². The lowest BCUT2D eigenvalue weighted by molar-refractivity contribution is 0.116. The number of halogens is 2. The van der Waals surface area contributed by atoms with Crippen LogP contribution in [0.1, 0.15) is 17.9 Å². The second-order valence-corrected chi connectivity index (χ2v) is 6.16. The summed E-state index contributed by atoms with van der Waals surface area (Å²) >= 11 is 0. The Kier molecular flexibility index (Phi) is 5.33. The Bertz CT molecular complexity index is 1140. The molecule has 0 unspecified atom stereocenters. The molecule has 0 aliphatic rings. The molecule has 0 fully saturated rings. The normalized spacial score (nSPS) is 11.1. The van der Waals surface area contributed by atoms with Gasteiger partial charge in [-0.25, -0.2) is 0 Å². The SMILES string of the molecule is COc1ccc(-c2nnn(Cc3ccc(-c4nnc(C(F)F)o4)cc3)n2)cc1OC. The van der Waals surface area contributed by atoms with Crippen molar-refractivity contribution < 1.29 is 22.7 Å². The second kappa shape index (κ2) is 8.23. The van der Waals surface area contributed by atoms with Gasteiger partial charge in [-0.15, -0.1) is 20.4 Å². The van der Waals surface area contributed by atoms with Crippen LogP contribution in [0.5, 0.6) is 11.5 Å². The van der Waals surface area contributed by atoms with Gasteiger partial charge in [0.1, 0.15) is 0 Å². The lowest BCUT2D eigenvalue weighted by Crippen LogP contribution is -2.04. The van der Waals surface area contributed by atoms with Crippen LogP contribution in [-0.2, 0) is 6.54 Å². The molecule has 0 amide bonds. The van der Waals surface area contributed by atoms with Crippen molar-refractivity contribution in [3.05, 3.63) is 53.9 Å². The maximum atomic E-state index is 12.6. The van der Waals surface area contributed by atoms with E-state index >= 15 is 0 Å². The van der Waals surface area contributed by atoms with Gasteiger partial charge in [0.05, 0.1) is 20.8 Å². The number of tetrazole rings is 1. The number of alkyl halides is 2. The molecule has 0 atom stereocenters. The molecular formula is C19H16F2N6O3. The van der Waals surface area contributed by atoms with Crippen LogP contribution in [0.15, 0.2) is 46.9 Å². The van der Waals surface area contributed by atoms with E-state index in [0.29, 0.717) is 29.4 Å². The van der Waals surface area contributed by atoms with Crippen LogP contribution in [0.4, 0.5) is 8.78 Å². The van der Waals surface area contributed by atoms with Crippen molar-refractivity contribution in [1.82, 2.24) is 30.4 Å². The van der Waals surface area contributed by atoms with Gasteiger partial charge in [0.2, 0.25) is 11.7 Å². The van der Waals surface area contributed by atoms with Crippen molar-refractivity contribution in [1.29, 1.82) is 0 Å². The van der Waals surface area contributed by atoms with Gasteiger partial charge < -0.3 is 13.9 Å². The zero-order valence-corrected chi connectivity index (χ0v) is 16.0. The van der Waals surface area contributed by atoms with Crippen LogP contribution >= 0.6 is 0 Å². The van der Waals surface area contributed by atoms with Crippen molar-refractivity contribution in [2.45, 2.75) is 13.0 Å². The Morgan fingerprint density at radius 3 is 2.33 bits per heavy atom. The molecule has 2 aromatic carbocycles. The molecule has 4 rings (SSSR count). The van der Waals surface area contributed by atoms with E-state index < -0.39 is 12.3 Å². The molecule has 0 spiro atoms. The monoisotopic (exact) mass is 414 g/mol. The second-order valence-electron chi connectivity index (χ2n) is 6.16. The summed E-state index contributed by atoms with van der Waals surface area (Å²) in [6.45, 7) is 0.368. The fourth-order valence-corrected chi connectivity index (χ4v) is 2.76. The number of hydrogen-bond donors (Lipinski definition) is 0. The fraction of sp³-hybridized carbons (Fsp3) is 0.211.